The van der Waals surface area contributed by atoms with Crippen molar-refractivity contribution in [1.29, 1.82) is 0 Å². The van der Waals surface area contributed by atoms with Crippen molar-refractivity contribution < 1.29 is 46.0 Å². The van der Waals surface area contributed by atoms with Crippen molar-refractivity contribution >= 4 is 46.1 Å². The molecule has 6 heterocycles. The Morgan fingerprint density at radius 2 is 1.57 bits per heavy atom. The number of hydrogen-bond acceptors (Lipinski definition) is 13. The number of alkyl halides is 3. The third-order valence-corrected chi connectivity index (χ3v) is 13.9. The first-order valence-corrected chi connectivity index (χ1v) is 24.3. The zero-order chi connectivity index (χ0) is 51.1. The summed E-state index contributed by atoms with van der Waals surface area (Å²) < 4.78 is 94.2. The van der Waals surface area contributed by atoms with Gasteiger partial charge >= 0.3 is 18.3 Å². The van der Waals surface area contributed by atoms with Crippen LogP contribution in [0.1, 0.15) is 87.2 Å². The molecule has 72 heavy (non-hydrogen) atoms. The predicted octanol–water partition coefficient (Wildman–Crippen LogP) is 11.7. The number of rotatable bonds is 14. The Hall–Kier alpha value is -6.66. The summed E-state index contributed by atoms with van der Waals surface area (Å²) in [6, 6.07) is 18.6. The van der Waals surface area contributed by atoms with E-state index in [-0.39, 0.29) is 84.1 Å². The topological polar surface area (TPSA) is 137 Å². The summed E-state index contributed by atoms with van der Waals surface area (Å²) in [5, 5.41) is 2.33. The number of nitrogens with zero attached hydrogens (tertiary/aromatic N) is 7. The highest BCUT2D eigenvalue weighted by molar-refractivity contribution is 6.36. The van der Waals surface area contributed by atoms with Gasteiger partial charge in [0.1, 0.15) is 53.3 Å². The summed E-state index contributed by atoms with van der Waals surface area (Å²) in [6.07, 6.45) is -0.429. The summed E-state index contributed by atoms with van der Waals surface area (Å²) >= 11 is 7.26. The van der Waals surface area contributed by atoms with Crippen molar-refractivity contribution in [3.8, 4) is 34.5 Å². The van der Waals surface area contributed by atoms with Crippen molar-refractivity contribution in [1.82, 2.24) is 24.8 Å². The van der Waals surface area contributed by atoms with Crippen LogP contribution in [-0.4, -0.2) is 89.1 Å². The molecule has 3 aromatic carbocycles. The Morgan fingerprint density at radius 1 is 0.931 bits per heavy atom. The maximum absolute atomic E-state index is 18.2. The van der Waals surface area contributed by atoms with Crippen LogP contribution in [0.5, 0.6) is 23.3 Å². The second-order valence-corrected chi connectivity index (χ2v) is 19.8. The summed E-state index contributed by atoms with van der Waals surface area (Å²) in [5.41, 5.74) is -2.04. The summed E-state index contributed by atoms with van der Waals surface area (Å²) in [7, 11) is 3.11. The van der Waals surface area contributed by atoms with Gasteiger partial charge in [-0.1, -0.05) is 41.9 Å². The van der Waals surface area contributed by atoms with Crippen molar-refractivity contribution in [3.63, 3.8) is 0 Å². The van der Waals surface area contributed by atoms with E-state index in [1.807, 2.05) is 41.0 Å². The van der Waals surface area contributed by atoms with E-state index in [1.54, 1.807) is 71.4 Å². The minimum Gasteiger partial charge on any atom is -0.497 e. The van der Waals surface area contributed by atoms with Crippen LogP contribution in [-0.2, 0) is 24.0 Å². The van der Waals surface area contributed by atoms with Crippen LogP contribution >= 0.6 is 11.6 Å². The van der Waals surface area contributed by atoms with Crippen LogP contribution in [0.4, 0.5) is 39.8 Å². The highest BCUT2D eigenvalue weighted by Gasteiger charge is 2.46. The Balaban J connectivity index is 1.22. The molecule has 1 amide bonds. The molecule has 0 saturated carbocycles. The number of methoxy groups -OCH3 is 2. The van der Waals surface area contributed by atoms with E-state index >= 15 is 17.6 Å². The quantitative estimate of drug-likeness (QED) is 0.104. The monoisotopic (exact) mass is 1010 g/mol. The number of aryl methyl sites for hydroxylation is 1. The lowest BCUT2D eigenvalue weighted by Gasteiger charge is -2.32. The van der Waals surface area contributed by atoms with E-state index in [0.717, 1.165) is 49.9 Å². The fourth-order valence-electron chi connectivity index (χ4n) is 10.1. The van der Waals surface area contributed by atoms with Crippen molar-refractivity contribution in [3.05, 3.63) is 112 Å². The molecule has 19 heteroatoms. The molecule has 380 valence electrons. The molecule has 0 radical (unpaired) electrons. The van der Waals surface area contributed by atoms with Crippen LogP contribution in [0, 0.1) is 12.7 Å². The van der Waals surface area contributed by atoms with Gasteiger partial charge in [-0.25, -0.2) is 19.2 Å². The number of carbonyl (C=O) groups excluding carboxylic acids is 1. The number of amides is 1. The van der Waals surface area contributed by atoms with Gasteiger partial charge in [0.15, 0.2) is 11.6 Å². The molecule has 2 fully saturated rings. The summed E-state index contributed by atoms with van der Waals surface area (Å²) in [4.78, 5) is 37.9. The third-order valence-electron chi connectivity index (χ3n) is 13.6. The normalized spacial score (nSPS) is 15.9. The second kappa shape index (κ2) is 20.1. The number of nitrogens with one attached hydrogen (secondary N) is 1. The maximum Gasteiger partial charge on any atom is 0.418 e. The smallest absolute Gasteiger partial charge is 0.418 e. The summed E-state index contributed by atoms with van der Waals surface area (Å²) in [6.45, 7) is 10.9. The van der Waals surface area contributed by atoms with E-state index in [9.17, 15) is 4.79 Å². The molecule has 14 nitrogen and oxygen atoms in total. The van der Waals surface area contributed by atoms with Gasteiger partial charge in [-0.2, -0.15) is 23.1 Å². The molecule has 0 unspecified atom stereocenters. The molecule has 2 saturated heterocycles. The van der Waals surface area contributed by atoms with Gasteiger partial charge in [0.2, 0.25) is 0 Å². The Kier molecular flexibility index (Phi) is 14.0. The molecule has 6 aromatic rings. The Morgan fingerprint density at radius 3 is 2.17 bits per heavy atom. The SMILES string of the molecule is COc1ccc(CN(Cc2ccc(OC)cc2)c2cc(C)c(C(F)(F)F)c(-c3c(Cl)c4c5c(nc(OCC67CCCN6CCC7)nc5c3F)N([C@H](C)c3cccnc3NC(=O)OC(C)(C)C)CCO4)n2)cc1. The first kappa shape index (κ1) is 50.3. The van der Waals surface area contributed by atoms with Crippen LogP contribution in [0.15, 0.2) is 72.9 Å². The largest absolute Gasteiger partial charge is 0.497 e. The third kappa shape index (κ3) is 10.2. The van der Waals surface area contributed by atoms with Gasteiger partial charge in [0.25, 0.3) is 0 Å². The minimum absolute atomic E-state index is 0.0205. The highest BCUT2D eigenvalue weighted by atomic mass is 35.5. The van der Waals surface area contributed by atoms with E-state index in [0.29, 0.717) is 17.1 Å². The highest BCUT2D eigenvalue weighted by Crippen LogP contribution is 2.52. The molecular weight excluding hydrogens is 956 g/mol. The number of anilines is 3. The molecule has 9 rings (SSSR count). The summed E-state index contributed by atoms with van der Waals surface area (Å²) in [5.74, 6) is 0.447. The van der Waals surface area contributed by atoms with Crippen LogP contribution in [0.25, 0.3) is 22.2 Å². The van der Waals surface area contributed by atoms with E-state index in [2.05, 4.69) is 20.2 Å². The van der Waals surface area contributed by atoms with Gasteiger partial charge in [-0.15, -0.1) is 0 Å². The number of halogens is 5. The van der Waals surface area contributed by atoms with Crippen LogP contribution in [0.3, 0.4) is 0 Å². The maximum atomic E-state index is 18.2. The van der Waals surface area contributed by atoms with Gasteiger partial charge < -0.3 is 33.5 Å². The van der Waals surface area contributed by atoms with Crippen LogP contribution in [0.2, 0.25) is 5.02 Å². The lowest BCUT2D eigenvalue weighted by atomic mass is 9.95. The fourth-order valence-corrected chi connectivity index (χ4v) is 10.5. The van der Waals surface area contributed by atoms with E-state index in [1.165, 1.54) is 19.2 Å². The molecule has 0 aliphatic carbocycles. The van der Waals surface area contributed by atoms with E-state index in [4.69, 9.17) is 45.3 Å². The molecule has 3 aliphatic heterocycles. The number of fused-ring (bicyclic) bond motifs is 1. The van der Waals surface area contributed by atoms with Crippen molar-refractivity contribution in [2.24, 2.45) is 0 Å². The number of ether oxygens (including phenoxy) is 5. The molecule has 1 atom stereocenters. The number of hydrogen-bond donors (Lipinski definition) is 1. The molecule has 0 spiro atoms. The van der Waals surface area contributed by atoms with Gasteiger partial charge in [-0.3, -0.25) is 10.2 Å². The van der Waals surface area contributed by atoms with E-state index < -0.39 is 51.6 Å². The lowest BCUT2D eigenvalue weighted by Crippen LogP contribution is -2.43. The molecular formula is C53H57ClF4N8O6. The predicted molar refractivity (Wildman–Crippen MR) is 267 cm³/mol. The van der Waals surface area contributed by atoms with Gasteiger partial charge in [0.05, 0.1) is 59.6 Å². The van der Waals surface area contributed by atoms with Crippen molar-refractivity contribution in [2.45, 2.75) is 96.7 Å². The Bertz CT molecular complexity index is 2920. The Labute approximate surface area is 420 Å². The molecule has 0 bridgehead atoms. The average molecular weight is 1010 g/mol. The number of carbonyl (C=O) groups is 1. The molecule has 3 aromatic heterocycles. The number of aromatic nitrogens is 4. The standard InChI is InChI=1S/C53H57ClF4N8O6/c1-31-27-38(64(28-33-12-16-35(68-6)17-13-33)29-34-14-18-36(69-7)19-15-34)60-44(41(31)53(56,57)58)39-42(54)46-40-45(43(39)55)61-49(71-30-52-20-9-23-65(52)24-10-21-52)63-48(40)66(25-26-70-46)32(2)37-11-8-22-59-47(37)62-50(67)72-51(3,4)5/h8,11-19,22,27,32H,9-10,20-21,23-26,28-30H2,1-7H3,(H,59,62,67)/t32-/m1/s1. The molecule has 3 aliphatic rings. The average Bonchev–Trinajstić information content (AvgIpc) is 3.87. The van der Waals surface area contributed by atoms with Gasteiger partial charge in [-0.05, 0) is 126 Å². The second-order valence-electron chi connectivity index (χ2n) is 19.4. The number of benzene rings is 3. The zero-order valence-corrected chi connectivity index (χ0v) is 42.0. The zero-order valence-electron chi connectivity index (χ0n) is 41.3. The first-order chi connectivity index (χ1) is 34.4. The fraction of sp³-hybridized carbons (Fsp3) is 0.415. The van der Waals surface area contributed by atoms with Crippen LogP contribution < -0.4 is 34.1 Å². The van der Waals surface area contributed by atoms with Gasteiger partial charge in [0, 0.05) is 24.8 Å². The number of pyridine rings is 2. The first-order valence-electron chi connectivity index (χ1n) is 23.9. The lowest BCUT2D eigenvalue weighted by molar-refractivity contribution is -0.137. The molecule has 1 N–H and O–H groups in total. The van der Waals surface area contributed by atoms with Crippen molar-refractivity contribution in [2.75, 3.05) is 62.2 Å². The minimum atomic E-state index is -5.01.